The third-order valence-electron chi connectivity index (χ3n) is 4.40. The molecule has 0 fully saturated rings. The van der Waals surface area contributed by atoms with Crippen molar-refractivity contribution in [2.45, 2.75) is 52.1 Å². The van der Waals surface area contributed by atoms with Crippen molar-refractivity contribution in [1.29, 1.82) is 0 Å². The summed E-state index contributed by atoms with van der Waals surface area (Å²) in [5, 5.41) is 15.3. The van der Waals surface area contributed by atoms with Crippen molar-refractivity contribution in [2.75, 3.05) is 13.1 Å². The number of nitrogens with zero attached hydrogens (tertiary/aromatic N) is 1. The van der Waals surface area contributed by atoms with Gasteiger partial charge in [0.1, 0.15) is 11.8 Å². The first-order valence-electron chi connectivity index (χ1n) is 9.28. The van der Waals surface area contributed by atoms with Crippen LogP contribution in [0.15, 0.2) is 17.1 Å². The summed E-state index contributed by atoms with van der Waals surface area (Å²) in [5.41, 5.74) is 18.6. The lowest BCUT2D eigenvalue weighted by Gasteiger charge is -2.23. The molecule has 0 bridgehead atoms. The highest BCUT2D eigenvalue weighted by atomic mass is 16.3. The molecule has 9 N–H and O–H groups in total. The highest BCUT2D eigenvalue weighted by Crippen LogP contribution is 2.22. The lowest BCUT2D eigenvalue weighted by Crippen LogP contribution is -2.51. The monoisotopic (exact) mass is 392 g/mol. The first kappa shape index (κ1) is 23.2. The Labute approximate surface area is 165 Å². The molecule has 156 valence electrons. The molecule has 28 heavy (non-hydrogen) atoms. The number of nitrogens with one attached hydrogen (secondary N) is 2. The summed E-state index contributed by atoms with van der Waals surface area (Å²) in [6.45, 7) is 5.88. The molecule has 0 saturated heterocycles. The number of nitrogens with two attached hydrogens (primary N) is 3. The van der Waals surface area contributed by atoms with Crippen molar-refractivity contribution in [3.05, 3.63) is 28.8 Å². The fraction of sp³-hybridized carbons (Fsp3) is 0.526. The minimum Gasteiger partial charge on any atom is -0.508 e. The summed E-state index contributed by atoms with van der Waals surface area (Å²) in [7, 11) is 0. The standard InChI is InChI=1S/C19H32N6O3/c1-11-7-14(26)8-12(2)15(11)9-16(25-17(27)10-20)18(28)24-13(3)5-4-6-23-19(21)22/h7-8,13,16,26H,4-6,9-10,20H2,1-3H3,(H,24,28)(H,25,27)(H4,21,22,23)/t13?,16-/m0/s1. The van der Waals surface area contributed by atoms with Gasteiger partial charge < -0.3 is 32.9 Å². The Morgan fingerprint density at radius 1 is 1.18 bits per heavy atom. The summed E-state index contributed by atoms with van der Waals surface area (Å²) in [6, 6.07) is 2.39. The van der Waals surface area contributed by atoms with Gasteiger partial charge in [0.15, 0.2) is 5.96 Å². The molecule has 1 rings (SSSR count). The molecule has 0 heterocycles. The van der Waals surface area contributed by atoms with Gasteiger partial charge in [-0.15, -0.1) is 0 Å². The molecule has 2 atom stereocenters. The number of aromatic hydroxyl groups is 1. The third kappa shape index (κ3) is 7.83. The second kappa shape index (κ2) is 11.1. The van der Waals surface area contributed by atoms with Crippen molar-refractivity contribution in [3.63, 3.8) is 0 Å². The van der Waals surface area contributed by atoms with E-state index in [1.54, 1.807) is 12.1 Å². The Bertz CT molecular complexity index is 693. The van der Waals surface area contributed by atoms with E-state index in [0.29, 0.717) is 19.4 Å². The SMILES string of the molecule is Cc1cc(O)cc(C)c1C[C@H](NC(=O)CN)C(=O)NC(C)CCCN=C(N)N. The molecule has 1 aromatic rings. The number of aryl methyl sites for hydroxylation is 2. The molecular formula is C19H32N6O3. The molecular weight excluding hydrogens is 360 g/mol. The Morgan fingerprint density at radius 2 is 1.79 bits per heavy atom. The van der Waals surface area contributed by atoms with Gasteiger partial charge in [-0.05, 0) is 62.4 Å². The molecule has 9 heteroatoms. The van der Waals surface area contributed by atoms with E-state index in [1.807, 2.05) is 20.8 Å². The topological polar surface area (TPSA) is 169 Å². The van der Waals surface area contributed by atoms with Crippen molar-refractivity contribution in [2.24, 2.45) is 22.2 Å². The van der Waals surface area contributed by atoms with E-state index in [2.05, 4.69) is 15.6 Å². The summed E-state index contributed by atoms with van der Waals surface area (Å²) in [5.74, 6) is -0.487. The zero-order valence-corrected chi connectivity index (χ0v) is 16.8. The van der Waals surface area contributed by atoms with Gasteiger partial charge in [-0.3, -0.25) is 14.6 Å². The molecule has 0 spiro atoms. The normalized spacial score (nSPS) is 12.7. The van der Waals surface area contributed by atoms with E-state index in [0.717, 1.165) is 23.1 Å². The summed E-state index contributed by atoms with van der Waals surface area (Å²) in [6.07, 6.45) is 1.71. The molecule has 0 aliphatic rings. The Balaban J connectivity index is 2.82. The van der Waals surface area contributed by atoms with Crippen LogP contribution in [-0.4, -0.2) is 48.1 Å². The van der Waals surface area contributed by atoms with Crippen LogP contribution in [0, 0.1) is 13.8 Å². The molecule has 0 aliphatic carbocycles. The molecule has 0 saturated carbocycles. The number of amides is 2. The Morgan fingerprint density at radius 3 is 2.32 bits per heavy atom. The molecule has 9 nitrogen and oxygen atoms in total. The van der Waals surface area contributed by atoms with E-state index < -0.39 is 11.9 Å². The first-order valence-corrected chi connectivity index (χ1v) is 9.28. The van der Waals surface area contributed by atoms with E-state index in [-0.39, 0.29) is 30.2 Å². The van der Waals surface area contributed by atoms with E-state index >= 15 is 0 Å². The van der Waals surface area contributed by atoms with Gasteiger partial charge in [-0.25, -0.2) is 0 Å². The van der Waals surface area contributed by atoms with Gasteiger partial charge in [0.05, 0.1) is 6.54 Å². The average Bonchev–Trinajstić information content (AvgIpc) is 2.60. The molecule has 2 amide bonds. The number of carbonyl (C=O) groups excluding carboxylic acids is 2. The van der Waals surface area contributed by atoms with Crippen molar-refractivity contribution >= 4 is 17.8 Å². The number of carbonyl (C=O) groups is 2. The fourth-order valence-corrected chi connectivity index (χ4v) is 2.98. The molecule has 1 unspecified atom stereocenters. The van der Waals surface area contributed by atoms with Crippen LogP contribution in [0.5, 0.6) is 5.75 Å². The smallest absolute Gasteiger partial charge is 0.243 e. The van der Waals surface area contributed by atoms with Gasteiger partial charge >= 0.3 is 0 Å². The van der Waals surface area contributed by atoms with Gasteiger partial charge in [0.25, 0.3) is 0 Å². The number of hydrogen-bond acceptors (Lipinski definition) is 5. The zero-order chi connectivity index (χ0) is 21.3. The van der Waals surface area contributed by atoms with Crippen LogP contribution in [0.2, 0.25) is 0 Å². The van der Waals surface area contributed by atoms with Gasteiger partial charge in [0.2, 0.25) is 11.8 Å². The molecule has 0 aliphatic heterocycles. The highest BCUT2D eigenvalue weighted by molar-refractivity contribution is 5.88. The lowest BCUT2D eigenvalue weighted by atomic mass is 9.95. The van der Waals surface area contributed by atoms with Gasteiger partial charge in [0, 0.05) is 19.0 Å². The number of rotatable bonds is 10. The van der Waals surface area contributed by atoms with E-state index in [9.17, 15) is 14.7 Å². The summed E-state index contributed by atoms with van der Waals surface area (Å²) >= 11 is 0. The molecule has 0 radical (unpaired) electrons. The van der Waals surface area contributed by atoms with Crippen molar-refractivity contribution in [1.82, 2.24) is 10.6 Å². The minimum absolute atomic E-state index is 0.0425. The maximum absolute atomic E-state index is 12.8. The van der Waals surface area contributed by atoms with Crippen LogP contribution in [0.3, 0.4) is 0 Å². The Hall–Kier alpha value is -2.81. The fourth-order valence-electron chi connectivity index (χ4n) is 2.98. The van der Waals surface area contributed by atoms with Crippen LogP contribution >= 0.6 is 0 Å². The van der Waals surface area contributed by atoms with Gasteiger partial charge in [-0.2, -0.15) is 0 Å². The number of benzene rings is 1. The van der Waals surface area contributed by atoms with E-state index in [4.69, 9.17) is 17.2 Å². The number of phenols is 1. The second-order valence-electron chi connectivity index (χ2n) is 6.94. The largest absolute Gasteiger partial charge is 0.508 e. The summed E-state index contributed by atoms with van der Waals surface area (Å²) in [4.78, 5) is 28.5. The van der Waals surface area contributed by atoms with Crippen LogP contribution in [0.4, 0.5) is 0 Å². The zero-order valence-electron chi connectivity index (χ0n) is 16.8. The molecule has 0 aromatic heterocycles. The van der Waals surface area contributed by atoms with Crippen molar-refractivity contribution in [3.8, 4) is 5.75 Å². The van der Waals surface area contributed by atoms with E-state index in [1.165, 1.54) is 0 Å². The number of guanidine groups is 1. The number of aliphatic imine (C=N–C) groups is 1. The van der Waals surface area contributed by atoms with Crippen LogP contribution < -0.4 is 27.8 Å². The first-order chi connectivity index (χ1) is 13.1. The maximum Gasteiger partial charge on any atom is 0.243 e. The predicted octanol–water partition coefficient (Wildman–Crippen LogP) is -0.447. The number of hydrogen-bond donors (Lipinski definition) is 6. The van der Waals surface area contributed by atoms with Crippen molar-refractivity contribution < 1.29 is 14.7 Å². The maximum atomic E-state index is 12.8. The third-order valence-corrected chi connectivity index (χ3v) is 4.40. The van der Waals surface area contributed by atoms with Crippen LogP contribution in [0.25, 0.3) is 0 Å². The van der Waals surface area contributed by atoms with Crippen LogP contribution in [-0.2, 0) is 16.0 Å². The molecule has 1 aromatic carbocycles. The van der Waals surface area contributed by atoms with Crippen LogP contribution in [0.1, 0.15) is 36.5 Å². The Kier molecular flexibility index (Phi) is 9.23. The predicted molar refractivity (Wildman–Crippen MR) is 110 cm³/mol. The highest BCUT2D eigenvalue weighted by Gasteiger charge is 2.23. The number of phenolic OH excluding ortho intramolecular Hbond substituents is 1. The quantitative estimate of drug-likeness (QED) is 0.179. The van der Waals surface area contributed by atoms with Gasteiger partial charge in [-0.1, -0.05) is 0 Å². The average molecular weight is 393 g/mol. The second-order valence-corrected chi connectivity index (χ2v) is 6.94. The minimum atomic E-state index is -0.766. The lowest BCUT2D eigenvalue weighted by molar-refractivity contribution is -0.128. The summed E-state index contributed by atoms with van der Waals surface area (Å²) < 4.78 is 0.